The maximum atomic E-state index is 12.3. The van der Waals surface area contributed by atoms with Crippen LogP contribution in [0.15, 0.2) is 15.5 Å². The molecule has 9 heteroatoms. The van der Waals surface area contributed by atoms with E-state index in [1.165, 1.54) is 11.1 Å². The zero-order valence-corrected chi connectivity index (χ0v) is 14.0. The van der Waals surface area contributed by atoms with Gasteiger partial charge in [-0.1, -0.05) is 6.42 Å². The van der Waals surface area contributed by atoms with E-state index in [9.17, 15) is 13.2 Å². The van der Waals surface area contributed by atoms with E-state index in [0.717, 1.165) is 12.8 Å². The van der Waals surface area contributed by atoms with Crippen molar-refractivity contribution in [3.63, 3.8) is 0 Å². The molecule has 1 heterocycles. The Morgan fingerprint density at radius 2 is 2.19 bits per heavy atom. The van der Waals surface area contributed by atoms with Crippen LogP contribution in [0.3, 0.4) is 0 Å². The molecule has 0 bridgehead atoms. The molecule has 1 aromatic heterocycles. The molecule has 0 radical (unpaired) electrons. The fourth-order valence-corrected chi connectivity index (χ4v) is 3.11. The monoisotopic (exact) mass is 378 g/mol. The number of rotatable bonds is 7. The third kappa shape index (κ3) is 4.79. The number of nitrogens with one attached hydrogen (secondary N) is 1. The highest BCUT2D eigenvalue weighted by Gasteiger charge is 2.20. The summed E-state index contributed by atoms with van der Waals surface area (Å²) in [4.78, 5) is 12.3. The number of aromatic nitrogens is 2. The normalized spacial score (nSPS) is 15.7. The van der Waals surface area contributed by atoms with Gasteiger partial charge in [-0.2, -0.15) is 5.10 Å². The van der Waals surface area contributed by atoms with Gasteiger partial charge in [0.15, 0.2) is 0 Å². The molecule has 7 nitrogen and oxygen atoms in total. The highest BCUT2D eigenvalue weighted by Crippen LogP contribution is 2.27. The van der Waals surface area contributed by atoms with Crippen molar-refractivity contribution in [3.05, 3.63) is 21.0 Å². The van der Waals surface area contributed by atoms with Crippen molar-refractivity contribution >= 4 is 31.6 Å². The lowest BCUT2D eigenvalue weighted by atomic mass is 9.85. The number of nitrogens with two attached hydrogens (primary N) is 1. The van der Waals surface area contributed by atoms with Crippen LogP contribution in [-0.2, 0) is 16.6 Å². The average Bonchev–Trinajstić information content (AvgIpc) is 2.33. The number of anilines is 1. The Bertz CT molecular complexity index is 655. The van der Waals surface area contributed by atoms with Crippen molar-refractivity contribution in [2.75, 3.05) is 17.6 Å². The summed E-state index contributed by atoms with van der Waals surface area (Å²) in [5.74, 6) is 0.422. The molecule has 21 heavy (non-hydrogen) atoms. The minimum absolute atomic E-state index is 0.112. The molecular formula is C12H19BrN4O3S. The summed E-state index contributed by atoms with van der Waals surface area (Å²) in [5, 5.41) is 12.0. The number of hydrogen-bond acceptors (Lipinski definition) is 5. The molecule has 118 valence electrons. The largest absolute Gasteiger partial charge is 0.380 e. The molecule has 3 N–H and O–H groups in total. The fourth-order valence-electron chi connectivity index (χ4n) is 2.17. The lowest BCUT2D eigenvalue weighted by Gasteiger charge is -2.25. The lowest BCUT2D eigenvalue weighted by molar-refractivity contribution is 0.262. The number of nitrogens with zero attached hydrogens (tertiary/aromatic N) is 2. The Balaban J connectivity index is 2.00. The Hall–Kier alpha value is -0.930. The van der Waals surface area contributed by atoms with E-state index in [0.29, 0.717) is 35.6 Å². The zero-order chi connectivity index (χ0) is 15.5. The van der Waals surface area contributed by atoms with Crippen LogP contribution in [-0.4, -0.2) is 30.5 Å². The van der Waals surface area contributed by atoms with Crippen molar-refractivity contribution in [1.29, 1.82) is 0 Å². The van der Waals surface area contributed by atoms with E-state index in [1.807, 2.05) is 0 Å². The smallest absolute Gasteiger partial charge is 0.291 e. The first-order valence-electron chi connectivity index (χ1n) is 6.87. The zero-order valence-electron chi connectivity index (χ0n) is 11.6. The minimum atomic E-state index is -3.47. The average molecular weight is 379 g/mol. The van der Waals surface area contributed by atoms with Crippen molar-refractivity contribution in [3.8, 4) is 0 Å². The Labute approximate surface area is 132 Å². The van der Waals surface area contributed by atoms with Gasteiger partial charge in [0.25, 0.3) is 5.56 Å². The molecule has 1 aliphatic rings. The van der Waals surface area contributed by atoms with Crippen molar-refractivity contribution in [2.24, 2.45) is 11.1 Å². The molecule has 0 aromatic carbocycles. The van der Waals surface area contributed by atoms with Gasteiger partial charge in [0.1, 0.15) is 5.69 Å². The van der Waals surface area contributed by atoms with Gasteiger partial charge < -0.3 is 5.32 Å². The first-order valence-corrected chi connectivity index (χ1v) is 9.37. The van der Waals surface area contributed by atoms with Crippen LogP contribution < -0.4 is 16.0 Å². The van der Waals surface area contributed by atoms with Gasteiger partial charge in [0.2, 0.25) is 10.0 Å². The number of halogens is 1. The van der Waals surface area contributed by atoms with Crippen LogP contribution >= 0.6 is 15.9 Å². The van der Waals surface area contributed by atoms with Crippen LogP contribution in [0, 0.1) is 5.92 Å². The van der Waals surface area contributed by atoms with E-state index in [2.05, 4.69) is 26.3 Å². The molecule has 0 unspecified atom stereocenters. The number of sulfonamides is 1. The summed E-state index contributed by atoms with van der Waals surface area (Å²) in [5.41, 5.74) is 0.227. The van der Waals surface area contributed by atoms with Gasteiger partial charge in [-0.05, 0) is 41.1 Å². The number of hydrogen-bond donors (Lipinski definition) is 2. The third-order valence-electron chi connectivity index (χ3n) is 3.56. The molecular weight excluding hydrogens is 360 g/mol. The predicted molar refractivity (Wildman–Crippen MR) is 84.6 cm³/mol. The van der Waals surface area contributed by atoms with E-state index in [1.54, 1.807) is 6.20 Å². The minimum Gasteiger partial charge on any atom is -0.380 e. The van der Waals surface area contributed by atoms with Crippen LogP contribution in [0.4, 0.5) is 5.69 Å². The van der Waals surface area contributed by atoms with Gasteiger partial charge in [0, 0.05) is 13.1 Å². The summed E-state index contributed by atoms with van der Waals surface area (Å²) < 4.78 is 23.8. The van der Waals surface area contributed by atoms with Crippen molar-refractivity contribution < 1.29 is 8.42 Å². The second-order valence-electron chi connectivity index (χ2n) is 5.30. The first kappa shape index (κ1) is 16.4. The van der Waals surface area contributed by atoms with Gasteiger partial charge in [-0.25, -0.2) is 18.2 Å². The summed E-state index contributed by atoms with van der Waals surface area (Å²) in [7, 11) is -3.47. The molecule has 0 amide bonds. The Kier molecular flexibility index (Phi) is 5.39. The first-order chi connectivity index (χ1) is 9.87. The summed E-state index contributed by atoms with van der Waals surface area (Å²) in [6, 6.07) is 0. The predicted octanol–water partition coefficient (Wildman–Crippen LogP) is 0.896. The van der Waals surface area contributed by atoms with Crippen LogP contribution in [0.25, 0.3) is 0 Å². The second kappa shape index (κ2) is 6.89. The molecule has 1 aliphatic carbocycles. The van der Waals surface area contributed by atoms with Gasteiger partial charge >= 0.3 is 0 Å². The molecule has 0 atom stereocenters. The fraction of sp³-hybridized carbons (Fsp3) is 0.667. The van der Waals surface area contributed by atoms with E-state index < -0.39 is 10.0 Å². The maximum absolute atomic E-state index is 12.3. The van der Waals surface area contributed by atoms with E-state index >= 15 is 0 Å². The van der Waals surface area contributed by atoms with Gasteiger partial charge in [0.05, 0.1) is 16.4 Å². The van der Waals surface area contributed by atoms with E-state index in [-0.39, 0.29) is 11.3 Å². The van der Waals surface area contributed by atoms with Gasteiger partial charge in [-0.3, -0.25) is 4.79 Å². The van der Waals surface area contributed by atoms with Crippen LogP contribution in [0.1, 0.15) is 25.7 Å². The standard InChI is InChI=1S/C12H19BrN4O3S/c13-10-7-16-17(8-9-3-1-4-9)12(18)11(10)15-5-2-6-21(14,19)20/h7,9,15H,1-6,8H2,(H2,14,19,20). The quantitative estimate of drug-likeness (QED) is 0.685. The molecule has 1 saturated carbocycles. The van der Waals surface area contributed by atoms with Crippen LogP contribution in [0.2, 0.25) is 0 Å². The molecule has 2 rings (SSSR count). The summed E-state index contributed by atoms with van der Waals surface area (Å²) in [6.07, 6.45) is 5.43. The Morgan fingerprint density at radius 1 is 1.48 bits per heavy atom. The molecule has 0 spiro atoms. The highest BCUT2D eigenvalue weighted by molar-refractivity contribution is 9.10. The molecule has 1 fully saturated rings. The topological polar surface area (TPSA) is 107 Å². The Morgan fingerprint density at radius 3 is 2.76 bits per heavy atom. The van der Waals surface area contributed by atoms with Crippen LogP contribution in [0.5, 0.6) is 0 Å². The van der Waals surface area contributed by atoms with E-state index in [4.69, 9.17) is 5.14 Å². The van der Waals surface area contributed by atoms with Crippen molar-refractivity contribution in [1.82, 2.24) is 9.78 Å². The SMILES string of the molecule is NS(=O)(=O)CCCNc1c(Br)cnn(CC2CCC2)c1=O. The lowest BCUT2D eigenvalue weighted by Crippen LogP contribution is -2.31. The molecule has 0 aliphatic heterocycles. The maximum Gasteiger partial charge on any atom is 0.291 e. The third-order valence-corrected chi connectivity index (χ3v) is 5.02. The number of primary sulfonamides is 1. The summed E-state index contributed by atoms with van der Waals surface area (Å²) in [6.45, 7) is 0.996. The molecule has 0 saturated heterocycles. The van der Waals surface area contributed by atoms with Crippen molar-refractivity contribution in [2.45, 2.75) is 32.2 Å². The highest BCUT2D eigenvalue weighted by atomic mass is 79.9. The molecule has 1 aromatic rings. The summed E-state index contributed by atoms with van der Waals surface area (Å²) >= 11 is 3.29. The van der Waals surface area contributed by atoms with Gasteiger partial charge in [-0.15, -0.1) is 0 Å². The second-order valence-corrected chi connectivity index (χ2v) is 7.89.